The van der Waals surface area contributed by atoms with Crippen LogP contribution in [0.2, 0.25) is 0 Å². The third-order valence-electron chi connectivity index (χ3n) is 3.22. The molecule has 0 bridgehead atoms. The number of nitrogens with zero attached hydrogens (tertiary/aromatic N) is 2. The molecule has 1 unspecified atom stereocenters. The van der Waals surface area contributed by atoms with E-state index in [4.69, 9.17) is 4.74 Å². The highest BCUT2D eigenvalue weighted by Gasteiger charge is 2.21. The molecule has 1 aromatic carbocycles. The fourth-order valence-corrected chi connectivity index (χ4v) is 2.01. The lowest BCUT2D eigenvalue weighted by Gasteiger charge is -2.26. The molecule has 0 radical (unpaired) electrons. The van der Waals surface area contributed by atoms with Crippen LogP contribution in [0.1, 0.15) is 6.42 Å². The van der Waals surface area contributed by atoms with Gasteiger partial charge in [-0.15, -0.1) is 0 Å². The van der Waals surface area contributed by atoms with Gasteiger partial charge >= 0.3 is 5.76 Å². The molecule has 2 N–H and O–H groups in total. The Morgan fingerprint density at radius 1 is 1.52 bits per heavy atom. The number of aromatic nitrogens is 2. The number of anilines is 1. The molecule has 110 valence electrons. The van der Waals surface area contributed by atoms with Crippen LogP contribution in [-0.4, -0.2) is 34.3 Å². The maximum Gasteiger partial charge on any atom is 0.439 e. The van der Waals surface area contributed by atoms with E-state index in [1.54, 1.807) is 6.07 Å². The molecule has 2 aromatic rings. The zero-order valence-electron chi connectivity index (χ0n) is 10.9. The predicted octanol–water partition coefficient (Wildman–Crippen LogP) is 1.14. The minimum Gasteiger partial charge on any atom is -0.377 e. The van der Waals surface area contributed by atoms with Gasteiger partial charge in [0.05, 0.1) is 11.0 Å². The SMILES string of the molecule is O=c1[nH]c(-c2ccc([N+](=O)[O-])c(NCC3CCO3)c2)no1. The molecule has 0 spiro atoms. The standard InChI is InChI=1S/C12H12N4O5/c17-12-14-11(15-21-12)7-1-2-10(16(18)19)9(5-7)13-6-8-3-4-20-8/h1-2,5,8,13H,3-4,6H2,(H,14,15,17). The highest BCUT2D eigenvalue weighted by atomic mass is 16.6. The van der Waals surface area contributed by atoms with Crippen molar-refractivity contribution in [2.24, 2.45) is 0 Å². The minimum atomic E-state index is -0.680. The quantitative estimate of drug-likeness (QED) is 0.625. The van der Waals surface area contributed by atoms with Crippen LogP contribution in [0.25, 0.3) is 11.4 Å². The summed E-state index contributed by atoms with van der Waals surface area (Å²) in [5.41, 5.74) is 0.809. The molecule has 21 heavy (non-hydrogen) atoms. The van der Waals surface area contributed by atoms with E-state index in [1.165, 1.54) is 12.1 Å². The van der Waals surface area contributed by atoms with Crippen LogP contribution in [0.4, 0.5) is 11.4 Å². The predicted molar refractivity (Wildman–Crippen MR) is 72.1 cm³/mol. The Bertz CT molecular complexity index is 718. The second kappa shape index (κ2) is 5.37. The van der Waals surface area contributed by atoms with Crippen molar-refractivity contribution in [1.29, 1.82) is 0 Å². The number of hydrogen-bond donors (Lipinski definition) is 2. The molecule has 9 heteroatoms. The monoisotopic (exact) mass is 292 g/mol. The van der Waals surface area contributed by atoms with E-state index in [1.807, 2.05) is 0 Å². The summed E-state index contributed by atoms with van der Waals surface area (Å²) in [6.07, 6.45) is 0.997. The summed E-state index contributed by atoms with van der Waals surface area (Å²) in [7, 11) is 0. The van der Waals surface area contributed by atoms with Crippen LogP contribution in [-0.2, 0) is 4.74 Å². The molecule has 0 amide bonds. The lowest BCUT2D eigenvalue weighted by atomic mass is 10.1. The van der Waals surface area contributed by atoms with Crippen molar-refractivity contribution < 1.29 is 14.2 Å². The first-order valence-corrected chi connectivity index (χ1v) is 6.34. The number of hydrogen-bond acceptors (Lipinski definition) is 7. The summed E-state index contributed by atoms with van der Waals surface area (Å²) in [6.45, 7) is 1.20. The second-order valence-electron chi connectivity index (χ2n) is 4.60. The van der Waals surface area contributed by atoms with Gasteiger partial charge in [0.15, 0.2) is 5.82 Å². The van der Waals surface area contributed by atoms with E-state index in [2.05, 4.69) is 20.0 Å². The Kier molecular flexibility index (Phi) is 3.40. The normalized spacial score (nSPS) is 17.2. The Hall–Kier alpha value is -2.68. The summed E-state index contributed by atoms with van der Waals surface area (Å²) in [4.78, 5) is 23.9. The Labute approximate surface area is 118 Å². The van der Waals surface area contributed by atoms with Crippen molar-refractivity contribution in [3.8, 4) is 11.4 Å². The number of rotatable bonds is 5. The van der Waals surface area contributed by atoms with E-state index < -0.39 is 10.7 Å². The molecular formula is C12H12N4O5. The maximum absolute atomic E-state index is 11.0. The summed E-state index contributed by atoms with van der Waals surface area (Å²) < 4.78 is 9.69. The number of ether oxygens (including phenoxy) is 1. The lowest BCUT2D eigenvalue weighted by molar-refractivity contribution is -0.384. The Morgan fingerprint density at radius 2 is 2.33 bits per heavy atom. The second-order valence-corrected chi connectivity index (χ2v) is 4.60. The third-order valence-corrected chi connectivity index (χ3v) is 3.22. The maximum atomic E-state index is 11.0. The Balaban J connectivity index is 1.89. The molecule has 1 saturated heterocycles. The number of nitrogens with one attached hydrogen (secondary N) is 2. The molecule has 1 fully saturated rings. The minimum absolute atomic E-state index is 0.0519. The summed E-state index contributed by atoms with van der Waals surface area (Å²) in [6, 6.07) is 4.40. The van der Waals surface area contributed by atoms with Crippen LogP contribution < -0.4 is 11.1 Å². The number of aromatic amines is 1. The fraction of sp³-hybridized carbons (Fsp3) is 0.333. The van der Waals surface area contributed by atoms with Crippen molar-refractivity contribution in [2.75, 3.05) is 18.5 Å². The van der Waals surface area contributed by atoms with Gasteiger partial charge in [-0.2, -0.15) is 0 Å². The van der Waals surface area contributed by atoms with Crippen LogP contribution in [0.15, 0.2) is 27.5 Å². The molecule has 1 aliphatic heterocycles. The molecule has 0 aliphatic carbocycles. The van der Waals surface area contributed by atoms with Gasteiger partial charge in [-0.25, -0.2) is 4.79 Å². The zero-order valence-corrected chi connectivity index (χ0v) is 10.9. The van der Waals surface area contributed by atoms with E-state index in [9.17, 15) is 14.9 Å². The first kappa shape index (κ1) is 13.3. The largest absolute Gasteiger partial charge is 0.439 e. The van der Waals surface area contributed by atoms with Crippen LogP contribution in [0.3, 0.4) is 0 Å². The molecule has 1 aliphatic rings. The lowest BCUT2D eigenvalue weighted by Crippen LogP contribution is -2.33. The fourth-order valence-electron chi connectivity index (χ4n) is 2.01. The molecular weight excluding hydrogens is 280 g/mol. The van der Waals surface area contributed by atoms with Crippen LogP contribution in [0, 0.1) is 10.1 Å². The number of nitro groups is 1. The van der Waals surface area contributed by atoms with Crippen molar-refractivity contribution in [2.45, 2.75) is 12.5 Å². The van der Waals surface area contributed by atoms with E-state index >= 15 is 0 Å². The van der Waals surface area contributed by atoms with Gasteiger partial charge in [0.1, 0.15) is 5.69 Å². The van der Waals surface area contributed by atoms with Crippen LogP contribution >= 0.6 is 0 Å². The molecule has 2 heterocycles. The van der Waals surface area contributed by atoms with Gasteiger partial charge < -0.3 is 10.1 Å². The van der Waals surface area contributed by atoms with Crippen molar-refractivity contribution in [3.05, 3.63) is 38.9 Å². The highest BCUT2D eigenvalue weighted by Crippen LogP contribution is 2.29. The zero-order chi connectivity index (χ0) is 14.8. The van der Waals surface area contributed by atoms with Crippen molar-refractivity contribution in [3.63, 3.8) is 0 Å². The highest BCUT2D eigenvalue weighted by molar-refractivity contribution is 5.70. The third kappa shape index (κ3) is 2.77. The number of nitro benzene ring substituents is 1. The topological polar surface area (TPSA) is 123 Å². The smallest absolute Gasteiger partial charge is 0.377 e. The average Bonchev–Trinajstić information content (AvgIpc) is 2.83. The average molecular weight is 292 g/mol. The molecule has 1 aromatic heterocycles. The van der Waals surface area contributed by atoms with E-state index in [0.717, 1.165) is 6.42 Å². The summed E-state index contributed by atoms with van der Waals surface area (Å²) in [5, 5.41) is 17.6. The van der Waals surface area contributed by atoms with Crippen molar-refractivity contribution in [1.82, 2.24) is 10.1 Å². The number of H-pyrrole nitrogens is 1. The molecule has 1 atom stereocenters. The summed E-state index contributed by atoms with van der Waals surface area (Å²) in [5.74, 6) is -0.460. The van der Waals surface area contributed by atoms with Crippen LogP contribution in [0.5, 0.6) is 0 Å². The van der Waals surface area contributed by atoms with Gasteiger partial charge in [0.2, 0.25) is 0 Å². The van der Waals surface area contributed by atoms with E-state index in [-0.39, 0.29) is 17.6 Å². The molecule has 3 rings (SSSR count). The number of benzene rings is 1. The van der Waals surface area contributed by atoms with E-state index in [0.29, 0.717) is 24.4 Å². The van der Waals surface area contributed by atoms with Gasteiger partial charge in [-0.05, 0) is 18.6 Å². The van der Waals surface area contributed by atoms with Gasteiger partial charge in [-0.3, -0.25) is 19.6 Å². The first-order valence-electron chi connectivity index (χ1n) is 6.34. The first-order chi connectivity index (χ1) is 10.1. The van der Waals surface area contributed by atoms with Gasteiger partial charge in [0, 0.05) is 24.8 Å². The molecule has 0 saturated carbocycles. The van der Waals surface area contributed by atoms with Gasteiger partial charge in [-0.1, -0.05) is 5.16 Å². The van der Waals surface area contributed by atoms with Crippen molar-refractivity contribution >= 4 is 11.4 Å². The molecule has 9 nitrogen and oxygen atoms in total. The Morgan fingerprint density at radius 3 is 2.90 bits per heavy atom. The van der Waals surface area contributed by atoms with Gasteiger partial charge in [0.25, 0.3) is 5.69 Å². The summed E-state index contributed by atoms with van der Waals surface area (Å²) >= 11 is 0.